The third kappa shape index (κ3) is 3.67. The van der Waals surface area contributed by atoms with Crippen LogP contribution in [0, 0.1) is 11.7 Å². The van der Waals surface area contributed by atoms with Gasteiger partial charge in [0.2, 0.25) is 0 Å². The minimum Gasteiger partial charge on any atom is -0.388 e. The topological polar surface area (TPSA) is 25.2 Å². The molecule has 4 heteroatoms. The minimum absolute atomic E-state index is 0.180. The van der Waals surface area contributed by atoms with Crippen LogP contribution in [-0.4, -0.2) is 9.67 Å². The Hall–Kier alpha value is -1.13. The SMILES string of the molecule is CC(C)C(O)c1ccn(Cc2cc(F)cc(Br)c2)c1. The second kappa shape index (κ2) is 5.88. The van der Waals surface area contributed by atoms with Crippen molar-refractivity contribution in [3.8, 4) is 0 Å². The average molecular weight is 326 g/mol. The van der Waals surface area contributed by atoms with Crippen LogP contribution in [0.25, 0.3) is 0 Å². The highest BCUT2D eigenvalue weighted by molar-refractivity contribution is 9.10. The van der Waals surface area contributed by atoms with Crippen LogP contribution in [0.3, 0.4) is 0 Å². The van der Waals surface area contributed by atoms with E-state index in [4.69, 9.17) is 0 Å². The summed E-state index contributed by atoms with van der Waals surface area (Å²) in [6.07, 6.45) is 3.35. The van der Waals surface area contributed by atoms with Gasteiger partial charge in [-0.3, -0.25) is 0 Å². The molecule has 0 aliphatic carbocycles. The minimum atomic E-state index is -0.458. The predicted molar refractivity (Wildman–Crippen MR) is 77.4 cm³/mol. The van der Waals surface area contributed by atoms with E-state index in [0.29, 0.717) is 6.54 Å². The highest BCUT2D eigenvalue weighted by atomic mass is 79.9. The first-order valence-corrected chi connectivity index (χ1v) is 7.03. The van der Waals surface area contributed by atoms with E-state index in [-0.39, 0.29) is 11.7 Å². The van der Waals surface area contributed by atoms with Crippen molar-refractivity contribution in [2.24, 2.45) is 5.92 Å². The standard InChI is InChI=1S/C15H17BrFNO/c1-10(2)15(19)12-3-4-18(9-12)8-11-5-13(16)7-14(17)6-11/h3-7,9-10,15,19H,8H2,1-2H3. The normalized spacial score (nSPS) is 12.9. The first-order valence-electron chi connectivity index (χ1n) is 6.24. The summed E-state index contributed by atoms with van der Waals surface area (Å²) in [5.74, 6) is -0.0712. The number of aromatic nitrogens is 1. The van der Waals surface area contributed by atoms with E-state index in [1.807, 2.05) is 42.9 Å². The number of aliphatic hydroxyl groups excluding tert-OH is 1. The fraction of sp³-hybridized carbons (Fsp3) is 0.333. The summed E-state index contributed by atoms with van der Waals surface area (Å²) in [5, 5.41) is 9.98. The summed E-state index contributed by atoms with van der Waals surface area (Å²) in [4.78, 5) is 0. The maximum absolute atomic E-state index is 13.3. The third-order valence-electron chi connectivity index (χ3n) is 3.03. The van der Waals surface area contributed by atoms with Crippen molar-refractivity contribution in [2.45, 2.75) is 26.5 Å². The maximum Gasteiger partial charge on any atom is 0.124 e. The molecular weight excluding hydrogens is 309 g/mol. The smallest absolute Gasteiger partial charge is 0.124 e. The van der Waals surface area contributed by atoms with Gasteiger partial charge in [0.15, 0.2) is 0 Å². The molecule has 1 unspecified atom stereocenters. The van der Waals surface area contributed by atoms with E-state index in [1.165, 1.54) is 12.1 Å². The van der Waals surface area contributed by atoms with Gasteiger partial charge in [-0.25, -0.2) is 4.39 Å². The van der Waals surface area contributed by atoms with E-state index < -0.39 is 6.10 Å². The molecule has 1 N–H and O–H groups in total. The summed E-state index contributed by atoms with van der Waals surface area (Å²) >= 11 is 3.28. The molecule has 0 spiro atoms. The second-order valence-electron chi connectivity index (χ2n) is 5.08. The Balaban J connectivity index is 2.15. The molecule has 0 fully saturated rings. The molecular formula is C15H17BrFNO. The Kier molecular flexibility index (Phi) is 4.42. The van der Waals surface area contributed by atoms with Gasteiger partial charge in [-0.05, 0) is 41.3 Å². The van der Waals surface area contributed by atoms with E-state index in [0.717, 1.165) is 15.6 Å². The van der Waals surface area contributed by atoms with E-state index in [9.17, 15) is 9.50 Å². The number of nitrogens with zero attached hydrogens (tertiary/aromatic N) is 1. The molecule has 1 aromatic heterocycles. The summed E-state index contributed by atoms with van der Waals surface area (Å²) < 4.78 is 16.0. The monoisotopic (exact) mass is 325 g/mol. The maximum atomic E-state index is 13.3. The molecule has 0 bridgehead atoms. The quantitative estimate of drug-likeness (QED) is 0.898. The zero-order valence-electron chi connectivity index (χ0n) is 11.0. The van der Waals surface area contributed by atoms with Crippen LogP contribution >= 0.6 is 15.9 Å². The molecule has 0 saturated heterocycles. The van der Waals surface area contributed by atoms with Gasteiger partial charge in [-0.15, -0.1) is 0 Å². The lowest BCUT2D eigenvalue weighted by molar-refractivity contribution is 0.127. The largest absolute Gasteiger partial charge is 0.388 e. The fourth-order valence-corrected chi connectivity index (χ4v) is 2.54. The Labute approximate surface area is 121 Å². The number of rotatable bonds is 4. The average Bonchev–Trinajstić information content (AvgIpc) is 2.74. The summed E-state index contributed by atoms with van der Waals surface area (Å²) in [5.41, 5.74) is 1.78. The van der Waals surface area contributed by atoms with Gasteiger partial charge < -0.3 is 9.67 Å². The first-order chi connectivity index (χ1) is 8.95. The van der Waals surface area contributed by atoms with Crippen molar-refractivity contribution in [3.63, 3.8) is 0 Å². The van der Waals surface area contributed by atoms with Crippen LogP contribution in [-0.2, 0) is 6.54 Å². The van der Waals surface area contributed by atoms with E-state index >= 15 is 0 Å². The van der Waals surface area contributed by atoms with Gasteiger partial charge in [-0.2, -0.15) is 0 Å². The zero-order valence-corrected chi connectivity index (χ0v) is 12.6. The lowest BCUT2D eigenvalue weighted by Gasteiger charge is -2.12. The molecule has 1 aromatic carbocycles. The molecule has 0 aliphatic rings. The molecule has 0 saturated carbocycles. The Morgan fingerprint density at radius 1 is 1.32 bits per heavy atom. The lowest BCUT2D eigenvalue weighted by atomic mass is 10.0. The van der Waals surface area contributed by atoms with E-state index in [1.54, 1.807) is 0 Å². The molecule has 1 atom stereocenters. The fourth-order valence-electron chi connectivity index (χ4n) is 2.03. The number of hydrogen-bond donors (Lipinski definition) is 1. The van der Waals surface area contributed by atoms with Crippen molar-refractivity contribution >= 4 is 15.9 Å². The first kappa shape index (κ1) is 14.3. The number of halogens is 2. The number of benzene rings is 1. The van der Waals surface area contributed by atoms with Crippen molar-refractivity contribution < 1.29 is 9.50 Å². The highest BCUT2D eigenvalue weighted by Crippen LogP contribution is 2.22. The van der Waals surface area contributed by atoms with Crippen LogP contribution in [0.5, 0.6) is 0 Å². The molecule has 0 aliphatic heterocycles. The van der Waals surface area contributed by atoms with Crippen molar-refractivity contribution in [3.05, 3.63) is 58.1 Å². The Morgan fingerprint density at radius 3 is 2.68 bits per heavy atom. The van der Waals surface area contributed by atoms with E-state index in [2.05, 4.69) is 15.9 Å². The summed E-state index contributed by atoms with van der Waals surface area (Å²) in [6.45, 7) is 4.54. The van der Waals surface area contributed by atoms with Gasteiger partial charge in [0.1, 0.15) is 5.82 Å². The van der Waals surface area contributed by atoms with Crippen LogP contribution in [0.4, 0.5) is 4.39 Å². The third-order valence-corrected chi connectivity index (χ3v) is 3.49. The van der Waals surface area contributed by atoms with Gasteiger partial charge >= 0.3 is 0 Å². The Morgan fingerprint density at radius 2 is 2.05 bits per heavy atom. The van der Waals surface area contributed by atoms with Gasteiger partial charge in [-0.1, -0.05) is 29.8 Å². The van der Waals surface area contributed by atoms with Gasteiger partial charge in [0.05, 0.1) is 6.10 Å². The summed E-state index contributed by atoms with van der Waals surface area (Å²) in [6, 6.07) is 6.75. The molecule has 2 rings (SSSR count). The summed E-state index contributed by atoms with van der Waals surface area (Å²) in [7, 11) is 0. The van der Waals surface area contributed by atoms with Crippen molar-refractivity contribution in [1.82, 2.24) is 4.57 Å². The highest BCUT2D eigenvalue weighted by Gasteiger charge is 2.13. The van der Waals surface area contributed by atoms with Crippen LogP contribution in [0.15, 0.2) is 41.1 Å². The number of aliphatic hydroxyl groups is 1. The molecule has 0 radical (unpaired) electrons. The van der Waals surface area contributed by atoms with Crippen molar-refractivity contribution in [1.29, 1.82) is 0 Å². The van der Waals surface area contributed by atoms with Crippen LogP contribution in [0.1, 0.15) is 31.1 Å². The Bertz CT molecular complexity index is 545. The molecule has 19 heavy (non-hydrogen) atoms. The molecule has 1 heterocycles. The van der Waals surface area contributed by atoms with Crippen LogP contribution in [0.2, 0.25) is 0 Å². The van der Waals surface area contributed by atoms with Gasteiger partial charge in [0, 0.05) is 23.4 Å². The van der Waals surface area contributed by atoms with Crippen molar-refractivity contribution in [2.75, 3.05) is 0 Å². The molecule has 102 valence electrons. The van der Waals surface area contributed by atoms with Crippen LogP contribution < -0.4 is 0 Å². The lowest BCUT2D eigenvalue weighted by Crippen LogP contribution is -2.04. The molecule has 0 amide bonds. The second-order valence-corrected chi connectivity index (χ2v) is 6.00. The number of hydrogen-bond acceptors (Lipinski definition) is 1. The zero-order chi connectivity index (χ0) is 14.0. The molecule has 2 aromatic rings. The predicted octanol–water partition coefficient (Wildman–Crippen LogP) is 4.13. The molecule has 2 nitrogen and oxygen atoms in total. The van der Waals surface area contributed by atoms with Gasteiger partial charge in [0.25, 0.3) is 0 Å².